The van der Waals surface area contributed by atoms with Crippen LogP contribution < -0.4 is 26.4 Å². The molecule has 0 saturated heterocycles. The molecular weight excluding hydrogens is 471 g/mol. The predicted molar refractivity (Wildman–Crippen MR) is 155 cm³/mol. The molecule has 0 heterocycles. The molecule has 182 valence electrons. The predicted octanol–water partition coefficient (Wildman–Crippen LogP) is 6.04. The molecule has 0 aliphatic rings. The minimum atomic E-state index is -0.446. The Hall–Kier alpha value is -4.22. The molecule has 5 aromatic rings. The van der Waals surface area contributed by atoms with Crippen LogP contribution in [0, 0.1) is 11.3 Å². The van der Waals surface area contributed by atoms with Crippen molar-refractivity contribution in [1.29, 1.82) is 5.26 Å². The highest BCUT2D eigenvalue weighted by Gasteiger charge is 2.15. The van der Waals surface area contributed by atoms with E-state index in [1.807, 2.05) is 30.3 Å². The SMILES string of the molecule is N#Cc1ccc(OCc2ccccc2)c(CN)c1.c1ccc(P(c2ccccc2)c2ccccc2)cc1. The third kappa shape index (κ3) is 7.38. The largest absolute Gasteiger partial charge is 0.489 e. The molecule has 0 unspecified atom stereocenters. The highest BCUT2D eigenvalue weighted by molar-refractivity contribution is 7.79. The smallest absolute Gasteiger partial charge is 0.124 e. The van der Waals surface area contributed by atoms with E-state index in [0.29, 0.717) is 18.7 Å². The first-order valence-corrected chi connectivity index (χ1v) is 13.5. The van der Waals surface area contributed by atoms with Crippen molar-refractivity contribution >= 4 is 23.8 Å². The third-order valence-electron chi connectivity index (χ3n) is 5.69. The summed E-state index contributed by atoms with van der Waals surface area (Å²) in [6.45, 7) is 0.860. The number of benzene rings is 5. The molecule has 0 aliphatic carbocycles. The van der Waals surface area contributed by atoms with Gasteiger partial charge >= 0.3 is 0 Å². The van der Waals surface area contributed by atoms with Gasteiger partial charge in [0.1, 0.15) is 12.4 Å². The van der Waals surface area contributed by atoms with Crippen LogP contribution in [-0.4, -0.2) is 0 Å². The summed E-state index contributed by atoms with van der Waals surface area (Å²) in [6, 6.07) is 49.6. The second kappa shape index (κ2) is 13.8. The number of nitrogens with zero attached hydrogens (tertiary/aromatic N) is 1. The molecule has 4 heteroatoms. The van der Waals surface area contributed by atoms with Crippen molar-refractivity contribution in [1.82, 2.24) is 0 Å². The first-order chi connectivity index (χ1) is 18.3. The van der Waals surface area contributed by atoms with E-state index in [2.05, 4.69) is 97.1 Å². The first-order valence-electron chi connectivity index (χ1n) is 12.1. The van der Waals surface area contributed by atoms with Gasteiger partial charge in [0.15, 0.2) is 0 Å². The van der Waals surface area contributed by atoms with Crippen molar-refractivity contribution in [2.45, 2.75) is 13.2 Å². The van der Waals surface area contributed by atoms with Crippen LogP contribution in [0.15, 0.2) is 140 Å². The van der Waals surface area contributed by atoms with Crippen molar-refractivity contribution in [2.75, 3.05) is 0 Å². The van der Waals surface area contributed by atoms with Gasteiger partial charge in [0.2, 0.25) is 0 Å². The Morgan fingerprint density at radius 3 is 1.51 bits per heavy atom. The van der Waals surface area contributed by atoms with Gasteiger partial charge in [0.05, 0.1) is 11.6 Å². The minimum Gasteiger partial charge on any atom is -0.489 e. The van der Waals surface area contributed by atoms with E-state index < -0.39 is 7.92 Å². The fourth-order valence-electron chi connectivity index (χ4n) is 3.86. The van der Waals surface area contributed by atoms with Gasteiger partial charge in [-0.1, -0.05) is 121 Å². The minimum absolute atomic E-state index is 0.361. The van der Waals surface area contributed by atoms with Gasteiger partial charge < -0.3 is 10.5 Å². The van der Waals surface area contributed by atoms with Gasteiger partial charge in [-0.2, -0.15) is 5.26 Å². The molecule has 0 aliphatic heterocycles. The molecule has 5 aromatic carbocycles. The quantitative estimate of drug-likeness (QED) is 0.277. The maximum absolute atomic E-state index is 8.82. The Kier molecular flexibility index (Phi) is 9.62. The zero-order valence-corrected chi connectivity index (χ0v) is 21.5. The van der Waals surface area contributed by atoms with Crippen LogP contribution in [0.5, 0.6) is 5.75 Å². The lowest BCUT2D eigenvalue weighted by Crippen LogP contribution is -2.20. The summed E-state index contributed by atoms with van der Waals surface area (Å²) in [5, 5.41) is 13.0. The van der Waals surface area contributed by atoms with Crippen molar-refractivity contribution in [2.24, 2.45) is 5.73 Å². The van der Waals surface area contributed by atoms with E-state index in [1.54, 1.807) is 18.2 Å². The summed E-state index contributed by atoms with van der Waals surface area (Å²) < 4.78 is 5.72. The highest BCUT2D eigenvalue weighted by atomic mass is 31.1. The van der Waals surface area contributed by atoms with Gasteiger partial charge in [-0.25, -0.2) is 0 Å². The summed E-state index contributed by atoms with van der Waals surface area (Å²) in [7, 11) is -0.446. The molecular formula is C33H29N2OP. The summed E-state index contributed by atoms with van der Waals surface area (Å²) in [5.74, 6) is 0.736. The molecule has 0 radical (unpaired) electrons. The fourth-order valence-corrected chi connectivity index (χ4v) is 6.17. The summed E-state index contributed by atoms with van der Waals surface area (Å²) >= 11 is 0. The van der Waals surface area contributed by atoms with Gasteiger partial charge in [0, 0.05) is 12.1 Å². The fraction of sp³-hybridized carbons (Fsp3) is 0.0606. The molecule has 0 atom stereocenters. The van der Waals surface area contributed by atoms with E-state index in [4.69, 9.17) is 15.7 Å². The zero-order chi connectivity index (χ0) is 25.7. The van der Waals surface area contributed by atoms with Crippen LogP contribution in [0.4, 0.5) is 0 Å². The number of nitriles is 1. The lowest BCUT2D eigenvalue weighted by Gasteiger charge is -2.18. The normalized spacial score (nSPS) is 10.2. The number of hydrogen-bond acceptors (Lipinski definition) is 3. The summed E-state index contributed by atoms with van der Waals surface area (Å²) in [5.41, 5.74) is 8.21. The molecule has 0 saturated carbocycles. The van der Waals surface area contributed by atoms with E-state index in [0.717, 1.165) is 16.9 Å². The summed E-state index contributed by atoms with van der Waals surface area (Å²) in [4.78, 5) is 0. The van der Waals surface area contributed by atoms with Crippen LogP contribution in [0.1, 0.15) is 16.7 Å². The van der Waals surface area contributed by atoms with Crippen LogP contribution in [-0.2, 0) is 13.2 Å². The number of ether oxygens (including phenoxy) is 1. The molecule has 0 bridgehead atoms. The van der Waals surface area contributed by atoms with E-state index in [9.17, 15) is 0 Å². The standard InChI is InChI=1S/C18H15P.C15H14N2O/c1-4-10-16(11-5-1)19(17-12-6-2-7-13-17)18-14-8-3-9-15-18;16-9-13-6-7-15(14(8-13)10-17)18-11-12-4-2-1-3-5-12/h1-15H;1-8H,10-11,17H2. The third-order valence-corrected chi connectivity index (χ3v) is 8.13. The molecule has 5 rings (SSSR count). The lowest BCUT2D eigenvalue weighted by atomic mass is 10.1. The monoisotopic (exact) mass is 500 g/mol. The second-order valence-electron chi connectivity index (χ2n) is 8.25. The highest BCUT2D eigenvalue weighted by Crippen LogP contribution is 2.32. The van der Waals surface area contributed by atoms with Crippen LogP contribution in [0.3, 0.4) is 0 Å². The van der Waals surface area contributed by atoms with Crippen molar-refractivity contribution in [3.63, 3.8) is 0 Å². The molecule has 37 heavy (non-hydrogen) atoms. The van der Waals surface area contributed by atoms with Crippen LogP contribution in [0.25, 0.3) is 0 Å². The Bertz CT molecular complexity index is 1310. The van der Waals surface area contributed by atoms with Crippen LogP contribution >= 0.6 is 7.92 Å². The van der Waals surface area contributed by atoms with Crippen molar-refractivity contribution < 1.29 is 4.74 Å². The Morgan fingerprint density at radius 1 is 0.622 bits per heavy atom. The van der Waals surface area contributed by atoms with Gasteiger partial charge in [-0.15, -0.1) is 0 Å². The number of rotatable bonds is 7. The summed E-state index contributed by atoms with van der Waals surface area (Å²) in [6.07, 6.45) is 0. The maximum atomic E-state index is 8.82. The van der Waals surface area contributed by atoms with Crippen molar-refractivity contribution in [3.05, 3.63) is 156 Å². The first kappa shape index (κ1) is 25.9. The van der Waals surface area contributed by atoms with Crippen LogP contribution in [0.2, 0.25) is 0 Å². The Balaban J connectivity index is 0.000000173. The molecule has 3 nitrogen and oxygen atoms in total. The van der Waals surface area contributed by atoms with Gasteiger partial charge in [0.25, 0.3) is 0 Å². The average molecular weight is 501 g/mol. The zero-order valence-electron chi connectivity index (χ0n) is 20.6. The molecule has 0 aromatic heterocycles. The Labute approximate surface area is 220 Å². The van der Waals surface area contributed by atoms with E-state index in [1.165, 1.54) is 15.9 Å². The molecule has 2 N–H and O–H groups in total. The lowest BCUT2D eigenvalue weighted by molar-refractivity contribution is 0.303. The number of nitrogens with two attached hydrogens (primary N) is 1. The Morgan fingerprint density at radius 2 is 1.08 bits per heavy atom. The topological polar surface area (TPSA) is 59.0 Å². The van der Waals surface area contributed by atoms with E-state index >= 15 is 0 Å². The number of hydrogen-bond donors (Lipinski definition) is 1. The van der Waals surface area contributed by atoms with E-state index in [-0.39, 0.29) is 0 Å². The van der Waals surface area contributed by atoms with Gasteiger partial charge in [-0.05, 0) is 47.6 Å². The molecule has 0 amide bonds. The molecule has 0 spiro atoms. The maximum Gasteiger partial charge on any atom is 0.124 e. The average Bonchev–Trinajstić information content (AvgIpc) is 2.99. The second-order valence-corrected chi connectivity index (χ2v) is 10.5. The molecule has 0 fully saturated rings. The van der Waals surface area contributed by atoms with Gasteiger partial charge in [-0.3, -0.25) is 0 Å². The van der Waals surface area contributed by atoms with Crippen molar-refractivity contribution in [3.8, 4) is 11.8 Å².